The van der Waals surface area contributed by atoms with Crippen molar-refractivity contribution in [2.45, 2.75) is 6.92 Å². The number of carbonyl (C=O) groups excluding carboxylic acids is 2. The summed E-state index contributed by atoms with van der Waals surface area (Å²) in [5.41, 5.74) is 0.337. The third-order valence-corrected chi connectivity index (χ3v) is 3.47. The highest BCUT2D eigenvalue weighted by Crippen LogP contribution is 2.30. The Labute approximate surface area is 108 Å². The molecule has 2 heterocycles. The first-order valence-electron chi connectivity index (χ1n) is 5.45. The molecule has 6 heteroatoms. The van der Waals surface area contributed by atoms with Crippen LogP contribution in [-0.4, -0.2) is 30.5 Å². The van der Waals surface area contributed by atoms with Gasteiger partial charge in [-0.25, -0.2) is 9.78 Å². The van der Waals surface area contributed by atoms with Gasteiger partial charge in [0, 0.05) is 18.6 Å². The summed E-state index contributed by atoms with van der Waals surface area (Å²) in [6.07, 6.45) is 1.63. The number of rotatable bonds is 3. The number of esters is 1. The summed E-state index contributed by atoms with van der Waals surface area (Å²) < 4.78 is 4.96. The number of aromatic nitrogens is 1. The molecule has 0 aliphatic rings. The standard InChI is InChI=1S/C12H12N2O3S/c1-3-17-12(16)9-8(10(15)13-2)7-5-4-6-14-11(7)18-9/h4-6H,3H2,1-2H3,(H,13,15). The first kappa shape index (κ1) is 12.5. The smallest absolute Gasteiger partial charge is 0.349 e. The van der Waals surface area contributed by atoms with Crippen LogP contribution in [0.25, 0.3) is 10.2 Å². The lowest BCUT2D eigenvalue weighted by Gasteiger charge is -2.02. The summed E-state index contributed by atoms with van der Waals surface area (Å²) in [7, 11) is 1.52. The zero-order valence-electron chi connectivity index (χ0n) is 10.0. The average molecular weight is 264 g/mol. The van der Waals surface area contributed by atoms with E-state index in [0.29, 0.717) is 20.7 Å². The van der Waals surface area contributed by atoms with E-state index in [1.54, 1.807) is 25.3 Å². The largest absolute Gasteiger partial charge is 0.462 e. The minimum atomic E-state index is -0.487. The van der Waals surface area contributed by atoms with Gasteiger partial charge in [0.05, 0.1) is 12.2 Å². The highest BCUT2D eigenvalue weighted by Gasteiger charge is 2.24. The van der Waals surface area contributed by atoms with Crippen LogP contribution in [0.3, 0.4) is 0 Å². The van der Waals surface area contributed by atoms with E-state index < -0.39 is 5.97 Å². The second-order valence-corrected chi connectivity index (χ2v) is 4.46. The van der Waals surface area contributed by atoms with Crippen molar-refractivity contribution in [3.05, 3.63) is 28.8 Å². The van der Waals surface area contributed by atoms with Crippen molar-refractivity contribution in [1.82, 2.24) is 10.3 Å². The summed E-state index contributed by atoms with van der Waals surface area (Å²) in [5.74, 6) is -0.795. The molecule has 1 amide bonds. The maximum absolute atomic E-state index is 11.9. The molecule has 0 aliphatic heterocycles. The number of ether oxygens (including phenoxy) is 1. The Hall–Kier alpha value is -1.95. The van der Waals surface area contributed by atoms with Gasteiger partial charge in [0.15, 0.2) is 0 Å². The van der Waals surface area contributed by atoms with Crippen LogP contribution >= 0.6 is 11.3 Å². The van der Waals surface area contributed by atoms with Crippen molar-refractivity contribution in [3.63, 3.8) is 0 Å². The summed E-state index contributed by atoms with van der Waals surface area (Å²) in [6.45, 7) is 2.00. The van der Waals surface area contributed by atoms with E-state index in [0.717, 1.165) is 0 Å². The van der Waals surface area contributed by atoms with Gasteiger partial charge in [-0.1, -0.05) is 0 Å². The third-order valence-electron chi connectivity index (χ3n) is 2.38. The van der Waals surface area contributed by atoms with Crippen molar-refractivity contribution >= 4 is 33.4 Å². The number of hydrogen-bond acceptors (Lipinski definition) is 5. The molecule has 0 bridgehead atoms. The highest BCUT2D eigenvalue weighted by molar-refractivity contribution is 7.20. The summed E-state index contributed by atoms with van der Waals surface area (Å²) >= 11 is 1.17. The number of amides is 1. The highest BCUT2D eigenvalue weighted by atomic mass is 32.1. The Kier molecular flexibility index (Phi) is 3.57. The molecule has 2 aromatic heterocycles. The molecule has 0 fully saturated rings. The third kappa shape index (κ3) is 2.06. The van der Waals surface area contributed by atoms with Crippen molar-refractivity contribution in [2.75, 3.05) is 13.7 Å². The zero-order chi connectivity index (χ0) is 13.1. The summed E-state index contributed by atoms with van der Waals surface area (Å²) in [6, 6.07) is 3.50. The van der Waals surface area contributed by atoms with Gasteiger partial charge in [0.1, 0.15) is 9.71 Å². The van der Waals surface area contributed by atoms with Gasteiger partial charge >= 0.3 is 5.97 Å². The van der Waals surface area contributed by atoms with Crippen molar-refractivity contribution in [2.24, 2.45) is 0 Å². The fourth-order valence-electron chi connectivity index (χ4n) is 1.62. The van der Waals surface area contributed by atoms with Gasteiger partial charge in [-0.15, -0.1) is 11.3 Å². The quantitative estimate of drug-likeness (QED) is 0.859. The Morgan fingerprint density at radius 1 is 1.50 bits per heavy atom. The van der Waals surface area contributed by atoms with Gasteiger partial charge in [-0.05, 0) is 19.1 Å². The molecule has 0 unspecified atom stereocenters. The topological polar surface area (TPSA) is 68.3 Å². The Bertz CT molecular complexity index is 606. The number of hydrogen-bond donors (Lipinski definition) is 1. The molecule has 2 rings (SSSR count). The number of nitrogens with zero attached hydrogens (tertiary/aromatic N) is 1. The monoisotopic (exact) mass is 264 g/mol. The van der Waals surface area contributed by atoms with Crippen LogP contribution in [0.5, 0.6) is 0 Å². The summed E-state index contributed by atoms with van der Waals surface area (Å²) in [5, 5.41) is 3.20. The van der Waals surface area contributed by atoms with Crippen LogP contribution in [0.15, 0.2) is 18.3 Å². The number of nitrogens with one attached hydrogen (secondary N) is 1. The predicted molar refractivity (Wildman–Crippen MR) is 69.0 cm³/mol. The van der Waals surface area contributed by atoms with Crippen molar-refractivity contribution in [3.8, 4) is 0 Å². The van der Waals surface area contributed by atoms with Gasteiger partial charge in [-0.3, -0.25) is 4.79 Å². The van der Waals surface area contributed by atoms with Crippen LogP contribution in [0.4, 0.5) is 0 Å². The first-order valence-corrected chi connectivity index (χ1v) is 6.27. The van der Waals surface area contributed by atoms with Gasteiger partial charge in [0.25, 0.3) is 5.91 Å². The van der Waals surface area contributed by atoms with E-state index in [2.05, 4.69) is 10.3 Å². The van der Waals surface area contributed by atoms with Gasteiger partial charge in [0.2, 0.25) is 0 Å². The second-order valence-electron chi connectivity index (χ2n) is 3.46. The molecule has 5 nitrogen and oxygen atoms in total. The number of pyridine rings is 1. The first-order chi connectivity index (χ1) is 8.69. The van der Waals surface area contributed by atoms with E-state index in [4.69, 9.17) is 4.74 Å². The van der Waals surface area contributed by atoms with Gasteiger partial charge < -0.3 is 10.1 Å². The predicted octanol–water partition coefficient (Wildman–Crippen LogP) is 1.83. The zero-order valence-corrected chi connectivity index (χ0v) is 10.8. The molecule has 0 aliphatic carbocycles. The van der Waals surface area contributed by atoms with E-state index in [9.17, 15) is 9.59 Å². The molecular formula is C12H12N2O3S. The number of fused-ring (bicyclic) bond motifs is 1. The molecule has 0 spiro atoms. The van der Waals surface area contributed by atoms with E-state index in [1.165, 1.54) is 18.4 Å². The number of thiophene rings is 1. The molecule has 18 heavy (non-hydrogen) atoms. The Morgan fingerprint density at radius 3 is 2.94 bits per heavy atom. The SMILES string of the molecule is CCOC(=O)c1sc2ncccc2c1C(=O)NC. The molecule has 1 N–H and O–H groups in total. The lowest BCUT2D eigenvalue weighted by Crippen LogP contribution is -2.20. The minimum Gasteiger partial charge on any atom is -0.462 e. The lowest BCUT2D eigenvalue weighted by molar-refractivity contribution is 0.0529. The van der Waals surface area contributed by atoms with Crippen LogP contribution < -0.4 is 5.32 Å². The van der Waals surface area contributed by atoms with Crippen LogP contribution in [0.2, 0.25) is 0 Å². The second kappa shape index (κ2) is 5.14. The fourth-order valence-corrected chi connectivity index (χ4v) is 2.66. The maximum atomic E-state index is 11.9. The lowest BCUT2D eigenvalue weighted by atomic mass is 10.1. The molecule has 0 aromatic carbocycles. The molecular weight excluding hydrogens is 252 g/mol. The van der Waals surface area contributed by atoms with Crippen LogP contribution in [0, 0.1) is 0 Å². The Balaban J connectivity index is 2.64. The average Bonchev–Trinajstić information content (AvgIpc) is 2.77. The fraction of sp³-hybridized carbons (Fsp3) is 0.250. The van der Waals surface area contributed by atoms with E-state index in [-0.39, 0.29) is 12.5 Å². The molecule has 0 saturated carbocycles. The number of carbonyl (C=O) groups is 2. The molecule has 0 atom stereocenters. The maximum Gasteiger partial charge on any atom is 0.349 e. The van der Waals surface area contributed by atoms with Gasteiger partial charge in [-0.2, -0.15) is 0 Å². The minimum absolute atomic E-state index is 0.272. The molecule has 0 radical (unpaired) electrons. The summed E-state index contributed by atoms with van der Waals surface area (Å²) in [4.78, 5) is 28.8. The van der Waals surface area contributed by atoms with E-state index in [1.807, 2.05) is 0 Å². The molecule has 2 aromatic rings. The van der Waals surface area contributed by atoms with Crippen molar-refractivity contribution in [1.29, 1.82) is 0 Å². The normalized spacial score (nSPS) is 10.3. The molecule has 0 saturated heterocycles. The van der Waals surface area contributed by atoms with Crippen molar-refractivity contribution < 1.29 is 14.3 Å². The van der Waals surface area contributed by atoms with E-state index >= 15 is 0 Å². The Morgan fingerprint density at radius 2 is 2.28 bits per heavy atom. The van der Waals surface area contributed by atoms with Crippen LogP contribution in [-0.2, 0) is 4.74 Å². The molecule has 94 valence electrons. The van der Waals surface area contributed by atoms with Crippen LogP contribution in [0.1, 0.15) is 27.0 Å².